The molecule has 0 aliphatic rings. The van der Waals surface area contributed by atoms with Crippen LogP contribution in [0.25, 0.3) is 0 Å². The van der Waals surface area contributed by atoms with Gasteiger partial charge in [0.05, 0.1) is 10.5 Å². The number of rotatable bonds is 7. The van der Waals surface area contributed by atoms with Crippen molar-refractivity contribution in [3.8, 4) is 0 Å². The maximum absolute atomic E-state index is 14.0. The van der Waals surface area contributed by atoms with Gasteiger partial charge >= 0.3 is 0 Å². The van der Waals surface area contributed by atoms with Crippen molar-refractivity contribution in [3.63, 3.8) is 0 Å². The molecule has 2 aromatic carbocycles. The molecule has 140 valence electrons. The SMILES string of the molecule is CCN(CC)S(=O)(=O)c1ccc(F)c(C(=O)NCc2ccc(F)cc2)c1. The lowest BCUT2D eigenvalue weighted by Gasteiger charge is -2.19. The zero-order valence-corrected chi connectivity index (χ0v) is 15.3. The second kappa shape index (κ2) is 8.37. The average Bonchev–Trinajstić information content (AvgIpc) is 2.62. The van der Waals surface area contributed by atoms with Gasteiger partial charge in [-0.05, 0) is 35.9 Å². The highest BCUT2D eigenvalue weighted by Crippen LogP contribution is 2.19. The fraction of sp³-hybridized carbons (Fsp3) is 0.278. The van der Waals surface area contributed by atoms with Gasteiger partial charge in [-0.25, -0.2) is 17.2 Å². The van der Waals surface area contributed by atoms with Crippen LogP contribution in [0.3, 0.4) is 0 Å². The predicted molar refractivity (Wildman–Crippen MR) is 94.1 cm³/mol. The summed E-state index contributed by atoms with van der Waals surface area (Å²) in [5.41, 5.74) is 0.271. The highest BCUT2D eigenvalue weighted by Gasteiger charge is 2.24. The van der Waals surface area contributed by atoms with Gasteiger partial charge in [0, 0.05) is 19.6 Å². The smallest absolute Gasteiger partial charge is 0.254 e. The number of hydrogen-bond acceptors (Lipinski definition) is 3. The van der Waals surface area contributed by atoms with E-state index in [1.165, 1.54) is 28.6 Å². The number of carbonyl (C=O) groups excluding carboxylic acids is 1. The Bertz CT molecular complexity index is 880. The van der Waals surface area contributed by atoms with Crippen LogP contribution in [-0.4, -0.2) is 31.7 Å². The maximum Gasteiger partial charge on any atom is 0.254 e. The largest absolute Gasteiger partial charge is 0.348 e. The van der Waals surface area contributed by atoms with Crippen molar-refractivity contribution in [2.75, 3.05) is 13.1 Å². The van der Waals surface area contributed by atoms with Crippen LogP contribution in [0, 0.1) is 11.6 Å². The lowest BCUT2D eigenvalue weighted by atomic mass is 10.2. The van der Waals surface area contributed by atoms with Gasteiger partial charge in [-0.15, -0.1) is 0 Å². The second-order valence-corrected chi connectivity index (χ2v) is 7.48. The minimum absolute atomic E-state index is 0.0611. The molecule has 1 N–H and O–H groups in total. The molecule has 0 atom stereocenters. The van der Waals surface area contributed by atoms with E-state index in [0.717, 1.165) is 18.2 Å². The Hall–Kier alpha value is -2.32. The zero-order valence-electron chi connectivity index (χ0n) is 14.5. The number of nitrogens with zero attached hydrogens (tertiary/aromatic N) is 1. The average molecular weight is 382 g/mol. The fourth-order valence-electron chi connectivity index (χ4n) is 2.43. The first-order valence-electron chi connectivity index (χ1n) is 8.12. The van der Waals surface area contributed by atoms with E-state index in [4.69, 9.17) is 0 Å². The third-order valence-electron chi connectivity index (χ3n) is 3.89. The summed E-state index contributed by atoms with van der Waals surface area (Å²) >= 11 is 0. The molecule has 0 aliphatic carbocycles. The summed E-state index contributed by atoms with van der Waals surface area (Å²) in [7, 11) is -3.80. The molecule has 0 radical (unpaired) electrons. The van der Waals surface area contributed by atoms with Crippen molar-refractivity contribution < 1.29 is 22.0 Å². The van der Waals surface area contributed by atoms with Crippen molar-refractivity contribution in [2.24, 2.45) is 0 Å². The number of nitrogens with one attached hydrogen (secondary N) is 1. The molecule has 8 heteroatoms. The lowest BCUT2D eigenvalue weighted by molar-refractivity contribution is 0.0946. The molecular weight excluding hydrogens is 362 g/mol. The number of amides is 1. The summed E-state index contributed by atoms with van der Waals surface area (Å²) in [5, 5.41) is 2.50. The van der Waals surface area contributed by atoms with Gasteiger partial charge in [0.25, 0.3) is 5.91 Å². The molecule has 0 aromatic heterocycles. The standard InChI is InChI=1S/C18H20F2N2O3S/c1-3-22(4-2)26(24,25)15-9-10-17(20)16(11-15)18(23)21-12-13-5-7-14(19)8-6-13/h5-11H,3-4,12H2,1-2H3,(H,21,23). The molecule has 0 heterocycles. The van der Waals surface area contributed by atoms with Crippen LogP contribution >= 0.6 is 0 Å². The molecule has 2 aromatic rings. The normalized spacial score (nSPS) is 11.6. The Morgan fingerprint density at radius 3 is 2.23 bits per heavy atom. The molecule has 0 fully saturated rings. The van der Waals surface area contributed by atoms with Crippen LogP contribution in [0.2, 0.25) is 0 Å². The molecule has 0 spiro atoms. The quantitative estimate of drug-likeness (QED) is 0.801. The molecule has 5 nitrogen and oxygen atoms in total. The molecular formula is C18H20F2N2O3S. The summed E-state index contributed by atoms with van der Waals surface area (Å²) in [4.78, 5) is 12.1. The second-order valence-electron chi connectivity index (χ2n) is 5.54. The van der Waals surface area contributed by atoms with Crippen LogP contribution in [0.15, 0.2) is 47.4 Å². The van der Waals surface area contributed by atoms with Crippen LogP contribution < -0.4 is 5.32 Å². The van der Waals surface area contributed by atoms with Gasteiger partial charge in [-0.3, -0.25) is 4.79 Å². The van der Waals surface area contributed by atoms with E-state index in [2.05, 4.69) is 5.32 Å². The van der Waals surface area contributed by atoms with Crippen molar-refractivity contribution >= 4 is 15.9 Å². The van der Waals surface area contributed by atoms with E-state index in [1.807, 2.05) is 0 Å². The van der Waals surface area contributed by atoms with Crippen LogP contribution in [0.1, 0.15) is 29.8 Å². The number of benzene rings is 2. The lowest BCUT2D eigenvalue weighted by Crippen LogP contribution is -2.31. The van der Waals surface area contributed by atoms with Crippen LogP contribution in [-0.2, 0) is 16.6 Å². The first-order valence-corrected chi connectivity index (χ1v) is 9.56. The van der Waals surface area contributed by atoms with Gasteiger partial charge in [-0.2, -0.15) is 4.31 Å². The molecule has 2 rings (SSSR count). The Morgan fingerprint density at radius 1 is 1.04 bits per heavy atom. The third kappa shape index (κ3) is 4.44. The maximum atomic E-state index is 14.0. The monoisotopic (exact) mass is 382 g/mol. The number of hydrogen-bond donors (Lipinski definition) is 1. The molecule has 0 saturated heterocycles. The highest BCUT2D eigenvalue weighted by molar-refractivity contribution is 7.89. The van der Waals surface area contributed by atoms with Crippen LogP contribution in [0.4, 0.5) is 8.78 Å². The van der Waals surface area contributed by atoms with Crippen molar-refractivity contribution in [2.45, 2.75) is 25.3 Å². The summed E-state index contributed by atoms with van der Waals surface area (Å²) in [5.74, 6) is -1.97. The van der Waals surface area contributed by atoms with Crippen LogP contribution in [0.5, 0.6) is 0 Å². The van der Waals surface area contributed by atoms with E-state index in [0.29, 0.717) is 5.56 Å². The minimum Gasteiger partial charge on any atom is -0.348 e. The van der Waals surface area contributed by atoms with Gasteiger partial charge in [0.2, 0.25) is 10.0 Å². The molecule has 0 aliphatic heterocycles. The highest BCUT2D eigenvalue weighted by atomic mass is 32.2. The summed E-state index contributed by atoms with van der Waals surface area (Å²) in [6, 6.07) is 8.62. The van der Waals surface area contributed by atoms with Crippen molar-refractivity contribution in [3.05, 3.63) is 65.2 Å². The predicted octanol–water partition coefficient (Wildman–Crippen LogP) is 2.93. The third-order valence-corrected chi connectivity index (χ3v) is 5.94. The molecule has 1 amide bonds. The summed E-state index contributed by atoms with van der Waals surface area (Å²) in [6.45, 7) is 3.98. The summed E-state index contributed by atoms with van der Waals surface area (Å²) in [6.07, 6.45) is 0. The van der Waals surface area contributed by atoms with E-state index in [1.54, 1.807) is 13.8 Å². The van der Waals surface area contributed by atoms with E-state index in [9.17, 15) is 22.0 Å². The number of carbonyl (C=O) groups is 1. The minimum atomic E-state index is -3.80. The molecule has 0 bridgehead atoms. The van der Waals surface area contributed by atoms with E-state index >= 15 is 0 Å². The topological polar surface area (TPSA) is 66.5 Å². The Morgan fingerprint density at radius 2 is 1.65 bits per heavy atom. The first kappa shape index (κ1) is 20.0. The first-order chi connectivity index (χ1) is 12.3. The van der Waals surface area contributed by atoms with Gasteiger partial charge < -0.3 is 5.32 Å². The van der Waals surface area contributed by atoms with E-state index in [-0.39, 0.29) is 30.1 Å². The van der Waals surface area contributed by atoms with Gasteiger partial charge in [0.15, 0.2) is 0 Å². The Labute approximate surface area is 151 Å². The Kier molecular flexibility index (Phi) is 6.44. The van der Waals surface area contributed by atoms with Crippen molar-refractivity contribution in [1.29, 1.82) is 0 Å². The van der Waals surface area contributed by atoms with Gasteiger partial charge in [-0.1, -0.05) is 26.0 Å². The fourth-order valence-corrected chi connectivity index (χ4v) is 3.92. The Balaban J connectivity index is 2.23. The zero-order chi connectivity index (χ0) is 19.3. The number of sulfonamides is 1. The molecule has 0 unspecified atom stereocenters. The molecule has 0 saturated carbocycles. The molecule has 26 heavy (non-hydrogen) atoms. The van der Waals surface area contributed by atoms with Crippen molar-refractivity contribution in [1.82, 2.24) is 9.62 Å². The number of halogens is 2. The summed E-state index contributed by atoms with van der Waals surface area (Å²) < 4.78 is 53.2. The van der Waals surface area contributed by atoms with Gasteiger partial charge in [0.1, 0.15) is 11.6 Å². The van der Waals surface area contributed by atoms with E-state index < -0.39 is 27.6 Å².